The molecule has 2 amide bonds. The monoisotopic (exact) mass is 359 g/mol. The standard InChI is InChI=1S/C18H21N3O3S/c1-20(18(23)16-3-2-12-25-16)13-17(22)19-14-4-6-15(7-5-14)21-8-10-24-11-9-21/h2-7,12H,8-11,13H2,1H3,(H,19,22). The molecule has 1 saturated heterocycles. The predicted octanol–water partition coefficient (Wildman–Crippen LogP) is 2.30. The molecule has 1 aromatic heterocycles. The Bertz CT molecular complexity index is 710. The Hall–Kier alpha value is -2.38. The van der Waals surface area contributed by atoms with Crippen LogP contribution in [0.2, 0.25) is 0 Å². The van der Waals surface area contributed by atoms with Crippen LogP contribution in [-0.2, 0) is 9.53 Å². The fourth-order valence-electron chi connectivity index (χ4n) is 2.65. The number of hydrogen-bond donors (Lipinski definition) is 1. The lowest BCUT2D eigenvalue weighted by Crippen LogP contribution is -2.36. The van der Waals surface area contributed by atoms with Crippen molar-refractivity contribution >= 4 is 34.5 Å². The van der Waals surface area contributed by atoms with Crippen LogP contribution < -0.4 is 10.2 Å². The van der Waals surface area contributed by atoms with E-state index < -0.39 is 0 Å². The predicted molar refractivity (Wildman–Crippen MR) is 99.4 cm³/mol. The van der Waals surface area contributed by atoms with Crippen LogP contribution in [0.3, 0.4) is 0 Å². The van der Waals surface area contributed by atoms with E-state index in [-0.39, 0.29) is 18.4 Å². The van der Waals surface area contributed by atoms with E-state index >= 15 is 0 Å². The molecule has 0 spiro atoms. The lowest BCUT2D eigenvalue weighted by molar-refractivity contribution is -0.116. The van der Waals surface area contributed by atoms with Crippen molar-refractivity contribution in [1.29, 1.82) is 0 Å². The Morgan fingerprint density at radius 2 is 1.92 bits per heavy atom. The fourth-order valence-corrected chi connectivity index (χ4v) is 3.37. The maximum Gasteiger partial charge on any atom is 0.264 e. The molecule has 3 rings (SSSR count). The molecule has 0 radical (unpaired) electrons. The van der Waals surface area contributed by atoms with E-state index in [9.17, 15) is 9.59 Å². The highest BCUT2D eigenvalue weighted by molar-refractivity contribution is 7.12. The molecule has 0 aliphatic carbocycles. The van der Waals surface area contributed by atoms with Crippen LogP contribution in [-0.4, -0.2) is 56.6 Å². The summed E-state index contributed by atoms with van der Waals surface area (Å²) in [6.07, 6.45) is 0. The van der Waals surface area contributed by atoms with E-state index in [2.05, 4.69) is 10.2 Å². The molecule has 1 aliphatic heterocycles. The quantitative estimate of drug-likeness (QED) is 0.890. The molecule has 7 heteroatoms. The highest BCUT2D eigenvalue weighted by atomic mass is 32.1. The van der Waals surface area contributed by atoms with E-state index in [1.54, 1.807) is 13.1 Å². The maximum atomic E-state index is 12.2. The van der Waals surface area contributed by atoms with Crippen molar-refractivity contribution < 1.29 is 14.3 Å². The number of amides is 2. The van der Waals surface area contributed by atoms with Gasteiger partial charge in [0.25, 0.3) is 5.91 Å². The van der Waals surface area contributed by atoms with Gasteiger partial charge in [0.05, 0.1) is 24.6 Å². The van der Waals surface area contributed by atoms with E-state index in [0.29, 0.717) is 4.88 Å². The zero-order chi connectivity index (χ0) is 17.6. The summed E-state index contributed by atoms with van der Waals surface area (Å²) in [7, 11) is 1.63. The zero-order valence-corrected chi connectivity index (χ0v) is 14.9. The first-order valence-electron chi connectivity index (χ1n) is 8.15. The first kappa shape index (κ1) is 17.4. The lowest BCUT2D eigenvalue weighted by atomic mass is 10.2. The molecule has 1 fully saturated rings. The van der Waals surface area contributed by atoms with Crippen LogP contribution >= 0.6 is 11.3 Å². The number of likely N-dealkylation sites (N-methyl/N-ethyl adjacent to an activating group) is 1. The summed E-state index contributed by atoms with van der Waals surface area (Å²) in [4.78, 5) is 28.6. The number of rotatable bonds is 5. The minimum Gasteiger partial charge on any atom is -0.378 e. The zero-order valence-electron chi connectivity index (χ0n) is 14.1. The van der Waals surface area contributed by atoms with Gasteiger partial charge in [-0.3, -0.25) is 9.59 Å². The van der Waals surface area contributed by atoms with Crippen LogP contribution in [0.15, 0.2) is 41.8 Å². The highest BCUT2D eigenvalue weighted by Gasteiger charge is 2.16. The number of thiophene rings is 1. The number of hydrogen-bond acceptors (Lipinski definition) is 5. The van der Waals surface area contributed by atoms with Crippen molar-refractivity contribution in [1.82, 2.24) is 4.90 Å². The Labute approximate surface area is 151 Å². The summed E-state index contributed by atoms with van der Waals surface area (Å²) < 4.78 is 5.35. The van der Waals surface area contributed by atoms with Crippen molar-refractivity contribution in [3.63, 3.8) is 0 Å². The summed E-state index contributed by atoms with van der Waals surface area (Å²) in [6, 6.07) is 11.3. The van der Waals surface area contributed by atoms with Gasteiger partial charge in [-0.25, -0.2) is 0 Å². The van der Waals surface area contributed by atoms with E-state index in [4.69, 9.17) is 4.74 Å². The van der Waals surface area contributed by atoms with Crippen molar-refractivity contribution in [2.24, 2.45) is 0 Å². The SMILES string of the molecule is CN(CC(=O)Nc1ccc(N2CCOCC2)cc1)C(=O)c1cccs1. The molecule has 1 N–H and O–H groups in total. The number of carbonyl (C=O) groups is 2. The molecule has 0 bridgehead atoms. The Kier molecular flexibility index (Phi) is 5.67. The molecule has 25 heavy (non-hydrogen) atoms. The van der Waals surface area contributed by atoms with Crippen molar-refractivity contribution in [2.45, 2.75) is 0 Å². The van der Waals surface area contributed by atoms with Gasteiger partial charge in [0.1, 0.15) is 0 Å². The third-order valence-electron chi connectivity index (χ3n) is 3.99. The van der Waals surface area contributed by atoms with E-state index in [1.165, 1.54) is 16.2 Å². The largest absolute Gasteiger partial charge is 0.378 e. The van der Waals surface area contributed by atoms with Gasteiger partial charge < -0.3 is 19.9 Å². The minimum absolute atomic E-state index is 0.0158. The number of ether oxygens (including phenoxy) is 1. The van der Waals surface area contributed by atoms with E-state index in [0.717, 1.165) is 37.7 Å². The lowest BCUT2D eigenvalue weighted by Gasteiger charge is -2.28. The summed E-state index contributed by atoms with van der Waals surface area (Å²) in [5.41, 5.74) is 1.84. The van der Waals surface area contributed by atoms with Crippen LogP contribution in [0.25, 0.3) is 0 Å². The average Bonchev–Trinajstić information content (AvgIpc) is 3.17. The molecule has 2 heterocycles. The van der Waals surface area contributed by atoms with Crippen LogP contribution in [0.5, 0.6) is 0 Å². The third-order valence-corrected chi connectivity index (χ3v) is 4.84. The number of nitrogens with one attached hydrogen (secondary N) is 1. The summed E-state index contributed by atoms with van der Waals surface area (Å²) in [6.45, 7) is 3.25. The molecule has 2 aromatic rings. The molecule has 1 aliphatic rings. The summed E-state index contributed by atoms with van der Waals surface area (Å²) in [5, 5.41) is 4.67. The second-order valence-corrected chi connectivity index (χ2v) is 6.78. The van der Waals surface area contributed by atoms with Crippen LogP contribution in [0.1, 0.15) is 9.67 Å². The molecule has 1 aromatic carbocycles. The van der Waals surface area contributed by atoms with Crippen molar-refractivity contribution in [2.75, 3.05) is 50.1 Å². The van der Waals surface area contributed by atoms with Crippen LogP contribution in [0.4, 0.5) is 11.4 Å². The number of nitrogens with zero attached hydrogens (tertiary/aromatic N) is 2. The first-order chi connectivity index (χ1) is 12.1. The van der Waals surface area contributed by atoms with Gasteiger partial charge in [-0.15, -0.1) is 11.3 Å². The average molecular weight is 359 g/mol. The van der Waals surface area contributed by atoms with Gasteiger partial charge in [0.2, 0.25) is 5.91 Å². The summed E-state index contributed by atoms with van der Waals surface area (Å²) >= 11 is 1.37. The summed E-state index contributed by atoms with van der Waals surface area (Å²) in [5.74, 6) is -0.362. The minimum atomic E-state index is -0.216. The van der Waals surface area contributed by atoms with Gasteiger partial charge in [0, 0.05) is 31.5 Å². The second kappa shape index (κ2) is 8.13. The topological polar surface area (TPSA) is 61.9 Å². The smallest absolute Gasteiger partial charge is 0.264 e. The number of anilines is 2. The number of morpholine rings is 1. The molecule has 0 atom stereocenters. The first-order valence-corrected chi connectivity index (χ1v) is 9.03. The Balaban J connectivity index is 1.53. The molecular weight excluding hydrogens is 338 g/mol. The molecule has 0 unspecified atom stereocenters. The number of carbonyl (C=O) groups excluding carboxylic acids is 2. The Morgan fingerprint density at radius 3 is 2.56 bits per heavy atom. The van der Waals surface area contributed by atoms with Gasteiger partial charge in [-0.05, 0) is 35.7 Å². The van der Waals surface area contributed by atoms with Gasteiger partial charge in [0.15, 0.2) is 0 Å². The Morgan fingerprint density at radius 1 is 1.20 bits per heavy atom. The molecule has 132 valence electrons. The fraction of sp³-hybridized carbons (Fsp3) is 0.333. The van der Waals surface area contributed by atoms with E-state index in [1.807, 2.05) is 35.7 Å². The van der Waals surface area contributed by atoms with Gasteiger partial charge in [-0.1, -0.05) is 6.07 Å². The van der Waals surface area contributed by atoms with Crippen molar-refractivity contribution in [3.05, 3.63) is 46.7 Å². The van der Waals surface area contributed by atoms with Gasteiger partial charge in [-0.2, -0.15) is 0 Å². The number of benzene rings is 1. The molecule has 6 nitrogen and oxygen atoms in total. The third kappa shape index (κ3) is 4.58. The molecule has 0 saturated carbocycles. The van der Waals surface area contributed by atoms with Gasteiger partial charge >= 0.3 is 0 Å². The normalized spacial score (nSPS) is 14.2. The molecular formula is C18H21N3O3S. The van der Waals surface area contributed by atoms with Crippen molar-refractivity contribution in [3.8, 4) is 0 Å². The second-order valence-electron chi connectivity index (χ2n) is 5.83. The van der Waals surface area contributed by atoms with Crippen LogP contribution in [0, 0.1) is 0 Å². The maximum absolute atomic E-state index is 12.2. The highest BCUT2D eigenvalue weighted by Crippen LogP contribution is 2.19.